The van der Waals surface area contributed by atoms with E-state index in [2.05, 4.69) is 6.07 Å². The second kappa shape index (κ2) is 4.80. The highest BCUT2D eigenvalue weighted by Gasteiger charge is 2.22. The zero-order valence-electron chi connectivity index (χ0n) is 16.6. The number of aryl methyl sites for hydroxylation is 1. The number of para-hydroxylation sites is 1. The first-order chi connectivity index (χ1) is 12.2. The Morgan fingerprint density at radius 3 is 2.91 bits per heavy atom. The number of benzene rings is 2. The molecule has 0 spiro atoms. The summed E-state index contributed by atoms with van der Waals surface area (Å²) >= 11 is 0. The van der Waals surface area contributed by atoms with E-state index in [0.717, 1.165) is 33.2 Å². The maximum atomic E-state index is 8.29. The van der Waals surface area contributed by atoms with Gasteiger partial charge in [-0.1, -0.05) is 30.3 Å². The van der Waals surface area contributed by atoms with Crippen molar-refractivity contribution in [3.05, 3.63) is 54.4 Å². The first-order valence-corrected chi connectivity index (χ1v) is 7.33. The van der Waals surface area contributed by atoms with Gasteiger partial charge in [0, 0.05) is 33.3 Å². The van der Waals surface area contributed by atoms with E-state index in [1.54, 1.807) is 6.20 Å². The number of anilines is 1. The third kappa shape index (κ3) is 1.89. The number of fused-ring (bicyclic) bond motifs is 3. The minimum Gasteiger partial charge on any atom is -0.454 e. The Labute approximate surface area is 136 Å². The Bertz CT molecular complexity index is 1020. The van der Waals surface area contributed by atoms with Crippen LogP contribution in [-0.2, 0) is 0 Å². The molecule has 3 nitrogen and oxygen atoms in total. The highest BCUT2D eigenvalue weighted by atomic mass is 16.3. The molecular weight excluding hydrogens is 272 g/mol. The summed E-state index contributed by atoms with van der Waals surface area (Å²) in [5.74, 6) is 0. The lowest BCUT2D eigenvalue weighted by molar-refractivity contribution is 0.336. The van der Waals surface area contributed by atoms with E-state index in [9.17, 15) is 0 Å². The van der Waals surface area contributed by atoms with Gasteiger partial charge in [0.2, 0.25) is 0 Å². The summed E-state index contributed by atoms with van der Waals surface area (Å²) in [6, 6.07) is 10.3. The number of furan rings is 1. The molecule has 0 amide bonds. The predicted octanol–water partition coefficient (Wildman–Crippen LogP) is 4.85. The third-order valence-electron chi connectivity index (χ3n) is 4.17. The van der Waals surface area contributed by atoms with Gasteiger partial charge < -0.3 is 14.2 Å². The van der Waals surface area contributed by atoms with Crippen LogP contribution >= 0.6 is 0 Å². The zero-order chi connectivity index (χ0) is 18.7. The van der Waals surface area contributed by atoms with Gasteiger partial charge in [0.15, 0.2) is 5.58 Å². The molecule has 1 unspecified atom stereocenters. The summed E-state index contributed by atoms with van der Waals surface area (Å²) in [6.45, 7) is 1.30. The Kier molecular flexibility index (Phi) is 2.09. The third-order valence-corrected chi connectivity index (χ3v) is 4.17. The van der Waals surface area contributed by atoms with Crippen LogP contribution in [0.4, 0.5) is 5.69 Å². The Morgan fingerprint density at radius 2 is 2.05 bits per heavy atom. The summed E-state index contributed by atoms with van der Waals surface area (Å²) < 4.78 is 37.4. The largest absolute Gasteiger partial charge is 0.454 e. The van der Waals surface area contributed by atoms with E-state index in [4.69, 9.17) is 9.90 Å². The van der Waals surface area contributed by atoms with Crippen LogP contribution in [0.15, 0.2) is 53.2 Å². The fourth-order valence-electron chi connectivity index (χ4n) is 3.01. The van der Waals surface area contributed by atoms with E-state index in [1.165, 1.54) is 11.8 Å². The first kappa shape index (κ1) is 9.57. The van der Waals surface area contributed by atoms with Gasteiger partial charge in [-0.2, -0.15) is 0 Å². The van der Waals surface area contributed by atoms with Crippen molar-refractivity contribution < 1.29 is 9.90 Å². The van der Waals surface area contributed by atoms with Gasteiger partial charge in [0.05, 0.1) is 13.7 Å². The van der Waals surface area contributed by atoms with Gasteiger partial charge in [-0.25, -0.2) is 0 Å². The smallest absolute Gasteiger partial charge is 0.159 e. The molecule has 0 aliphatic carbocycles. The monoisotopic (exact) mass is 296 g/mol. The second-order valence-electron chi connectivity index (χ2n) is 5.67. The lowest BCUT2D eigenvalue weighted by atomic mass is 10.1. The quantitative estimate of drug-likeness (QED) is 0.673. The lowest BCUT2D eigenvalue weighted by Crippen LogP contribution is -2.30. The molecule has 4 rings (SSSR count). The number of nitrogens with zero attached hydrogens (tertiary/aromatic N) is 2. The topological polar surface area (TPSA) is 19.6 Å². The van der Waals surface area contributed by atoms with Crippen molar-refractivity contribution in [2.75, 3.05) is 11.6 Å². The second-order valence-corrected chi connectivity index (χ2v) is 5.67. The molecule has 0 radical (unpaired) electrons. The number of hydrogen-bond acceptors (Lipinski definition) is 3. The van der Waals surface area contributed by atoms with E-state index in [0.29, 0.717) is 0 Å². The fourth-order valence-corrected chi connectivity index (χ4v) is 3.01. The average molecular weight is 296 g/mol. The summed E-state index contributed by atoms with van der Waals surface area (Å²) in [5.41, 5.74) is 3.53. The minimum absolute atomic E-state index is 0.287. The van der Waals surface area contributed by atoms with Crippen LogP contribution in [-0.4, -0.2) is 17.6 Å². The highest BCUT2D eigenvalue weighted by Crippen LogP contribution is 2.38. The van der Waals surface area contributed by atoms with Crippen molar-refractivity contribution in [3.63, 3.8) is 0 Å². The average Bonchev–Trinajstić information content (AvgIpc) is 3.18. The van der Waals surface area contributed by atoms with Gasteiger partial charge in [0.25, 0.3) is 0 Å². The van der Waals surface area contributed by atoms with Crippen molar-refractivity contribution in [2.45, 2.75) is 26.7 Å². The molecule has 0 fully saturated rings. The van der Waals surface area contributed by atoms with E-state index < -0.39 is 12.9 Å². The highest BCUT2D eigenvalue weighted by molar-refractivity contribution is 6.09. The molecule has 0 saturated carbocycles. The minimum atomic E-state index is -2.41. The van der Waals surface area contributed by atoms with Crippen LogP contribution < -0.4 is 4.90 Å². The molecule has 3 aromatic rings. The van der Waals surface area contributed by atoms with E-state index in [1.807, 2.05) is 48.4 Å². The van der Waals surface area contributed by atoms with E-state index >= 15 is 0 Å². The summed E-state index contributed by atoms with van der Waals surface area (Å²) in [4.78, 5) is 3.47. The Balaban J connectivity index is 1.79. The molecule has 0 bridgehead atoms. The van der Waals surface area contributed by atoms with Crippen LogP contribution in [0.2, 0.25) is 0 Å². The Hall–Kier alpha value is -2.42. The molecule has 2 aromatic carbocycles. The van der Waals surface area contributed by atoms with Crippen molar-refractivity contribution in [1.29, 1.82) is 0 Å². The molecular formula is C19H20N2O. The molecule has 2 heterocycles. The van der Waals surface area contributed by atoms with Gasteiger partial charge in [-0.15, -0.1) is 0 Å². The first-order valence-electron chi connectivity index (χ1n) is 9.33. The van der Waals surface area contributed by atoms with Crippen molar-refractivity contribution >= 4 is 27.6 Å². The van der Waals surface area contributed by atoms with Crippen molar-refractivity contribution in [3.8, 4) is 0 Å². The van der Waals surface area contributed by atoms with Gasteiger partial charge in [0.1, 0.15) is 5.58 Å². The molecule has 0 N–H and O–H groups in total. The maximum absolute atomic E-state index is 8.29. The predicted molar refractivity (Wildman–Crippen MR) is 91.9 cm³/mol. The van der Waals surface area contributed by atoms with Crippen LogP contribution in [0, 0.1) is 6.92 Å². The normalized spacial score (nSPS) is 20.8. The fraction of sp³-hybridized carbons (Fsp3) is 0.263. The maximum Gasteiger partial charge on any atom is 0.159 e. The molecule has 3 heteroatoms. The molecule has 1 aliphatic heterocycles. The van der Waals surface area contributed by atoms with Crippen LogP contribution in [0.1, 0.15) is 24.8 Å². The Morgan fingerprint density at radius 1 is 1.18 bits per heavy atom. The van der Waals surface area contributed by atoms with Gasteiger partial charge >= 0.3 is 0 Å². The molecule has 1 aromatic heterocycles. The molecule has 22 heavy (non-hydrogen) atoms. The molecule has 112 valence electrons. The van der Waals surface area contributed by atoms with Crippen molar-refractivity contribution in [2.24, 2.45) is 0 Å². The number of hydrogen-bond donors (Lipinski definition) is 0. The van der Waals surface area contributed by atoms with Crippen LogP contribution in [0.3, 0.4) is 0 Å². The lowest BCUT2D eigenvalue weighted by Gasteiger charge is -2.25. The van der Waals surface area contributed by atoms with Crippen LogP contribution in [0.25, 0.3) is 21.9 Å². The SMILES string of the molecule is [2H]C([2H])([2H])C([2H])(C)N1C=CN(c2c(C)ccc3c2oc2ccccc23)C1. The molecule has 0 saturated heterocycles. The number of rotatable bonds is 2. The van der Waals surface area contributed by atoms with Crippen molar-refractivity contribution in [1.82, 2.24) is 4.90 Å². The summed E-state index contributed by atoms with van der Waals surface area (Å²) in [5, 5.41) is 2.08. The van der Waals surface area contributed by atoms with Gasteiger partial charge in [-0.05, 0) is 32.3 Å². The summed E-state index contributed by atoms with van der Waals surface area (Å²) in [6.07, 6.45) is 3.48. The van der Waals surface area contributed by atoms with Gasteiger partial charge in [-0.3, -0.25) is 0 Å². The van der Waals surface area contributed by atoms with E-state index in [-0.39, 0.29) is 6.67 Å². The van der Waals surface area contributed by atoms with Crippen LogP contribution in [0.5, 0.6) is 0 Å². The molecule has 1 aliphatic rings. The molecule has 1 atom stereocenters. The standard InChI is InChI=1S/C19H20N2O/c1-13(2)20-10-11-21(12-20)18-14(3)8-9-16-15-6-4-5-7-17(15)22-19(16)18/h4-11,13H,12H2,1-3H3/i1D3,13D. The zero-order valence-corrected chi connectivity index (χ0v) is 12.6. The summed E-state index contributed by atoms with van der Waals surface area (Å²) in [7, 11) is 0.